The van der Waals surface area contributed by atoms with Crippen LogP contribution in [0.5, 0.6) is 0 Å². The summed E-state index contributed by atoms with van der Waals surface area (Å²) in [6, 6.07) is 33.1. The first-order chi connectivity index (χ1) is 17.2. The van der Waals surface area contributed by atoms with E-state index in [4.69, 9.17) is 0 Å². The standard InChI is InChI=1S/C31H21NO3/c33-18-31-24-12-6-4-10-22(24)26(23-11-5-7-13-25(23)31)27-28(31)30(35)32(29(27)34)21-16-14-20(15-17-21)19-8-2-1-3-9-19/h1-18,26-28H/t26?,27-,28+,31?/m1/s1. The number of rotatable bonds is 3. The van der Waals surface area contributed by atoms with Crippen LogP contribution in [-0.4, -0.2) is 18.1 Å². The van der Waals surface area contributed by atoms with E-state index in [1.54, 1.807) is 0 Å². The van der Waals surface area contributed by atoms with E-state index in [9.17, 15) is 14.4 Å². The van der Waals surface area contributed by atoms with Crippen molar-refractivity contribution in [3.63, 3.8) is 0 Å². The highest BCUT2D eigenvalue weighted by Gasteiger charge is 2.68. The molecule has 4 nitrogen and oxygen atoms in total. The van der Waals surface area contributed by atoms with E-state index in [0.29, 0.717) is 5.69 Å². The molecule has 1 saturated heterocycles. The predicted molar refractivity (Wildman–Crippen MR) is 133 cm³/mol. The summed E-state index contributed by atoms with van der Waals surface area (Å²) >= 11 is 0. The molecule has 4 aliphatic rings. The van der Waals surface area contributed by atoms with Gasteiger partial charge in [0.25, 0.3) is 0 Å². The molecule has 0 saturated carbocycles. The van der Waals surface area contributed by atoms with Crippen molar-refractivity contribution < 1.29 is 14.4 Å². The van der Waals surface area contributed by atoms with E-state index in [1.165, 1.54) is 4.90 Å². The average Bonchev–Trinajstić information content (AvgIpc) is 3.20. The summed E-state index contributed by atoms with van der Waals surface area (Å²) in [5.41, 5.74) is 5.10. The summed E-state index contributed by atoms with van der Waals surface area (Å²) in [6.07, 6.45) is 0.908. The van der Waals surface area contributed by atoms with Crippen molar-refractivity contribution in [1.82, 2.24) is 0 Å². The molecule has 0 unspecified atom stereocenters. The summed E-state index contributed by atoms with van der Waals surface area (Å²) in [7, 11) is 0. The maximum Gasteiger partial charge on any atom is 0.239 e. The van der Waals surface area contributed by atoms with Gasteiger partial charge in [0.15, 0.2) is 0 Å². The van der Waals surface area contributed by atoms with Crippen molar-refractivity contribution in [2.75, 3.05) is 4.90 Å². The molecule has 35 heavy (non-hydrogen) atoms. The number of imide groups is 1. The topological polar surface area (TPSA) is 54.5 Å². The largest absolute Gasteiger partial charge is 0.302 e. The highest BCUT2D eigenvalue weighted by atomic mass is 16.2. The molecule has 0 spiro atoms. The van der Waals surface area contributed by atoms with Gasteiger partial charge >= 0.3 is 0 Å². The van der Waals surface area contributed by atoms with Crippen LogP contribution >= 0.6 is 0 Å². The first-order valence-electron chi connectivity index (χ1n) is 11.9. The zero-order valence-corrected chi connectivity index (χ0v) is 18.8. The van der Waals surface area contributed by atoms with Crippen molar-refractivity contribution in [1.29, 1.82) is 0 Å². The number of nitrogens with zero attached hydrogens (tertiary/aromatic N) is 1. The van der Waals surface area contributed by atoms with E-state index >= 15 is 0 Å². The van der Waals surface area contributed by atoms with Crippen molar-refractivity contribution in [2.45, 2.75) is 11.3 Å². The normalized spacial score (nSPS) is 25.7. The van der Waals surface area contributed by atoms with Crippen molar-refractivity contribution in [2.24, 2.45) is 11.8 Å². The van der Waals surface area contributed by atoms with Crippen LogP contribution in [0.2, 0.25) is 0 Å². The minimum Gasteiger partial charge on any atom is -0.302 e. The molecule has 168 valence electrons. The van der Waals surface area contributed by atoms with Gasteiger partial charge in [-0.2, -0.15) is 0 Å². The van der Waals surface area contributed by atoms with E-state index < -0.39 is 17.3 Å². The van der Waals surface area contributed by atoms with Crippen molar-refractivity contribution >= 4 is 23.8 Å². The van der Waals surface area contributed by atoms with E-state index in [-0.39, 0.29) is 17.7 Å². The van der Waals surface area contributed by atoms with Crippen LogP contribution in [0.15, 0.2) is 103 Å². The van der Waals surface area contributed by atoms with Gasteiger partial charge in [-0.15, -0.1) is 0 Å². The van der Waals surface area contributed by atoms with Crippen LogP contribution in [-0.2, 0) is 19.8 Å². The second-order valence-electron chi connectivity index (χ2n) is 9.57. The van der Waals surface area contributed by atoms with Crippen LogP contribution in [0.4, 0.5) is 5.69 Å². The van der Waals surface area contributed by atoms with E-state index in [0.717, 1.165) is 39.7 Å². The second-order valence-corrected chi connectivity index (χ2v) is 9.57. The smallest absolute Gasteiger partial charge is 0.239 e. The van der Waals surface area contributed by atoms with Crippen LogP contribution in [0.25, 0.3) is 11.1 Å². The molecule has 0 radical (unpaired) electrons. The lowest BCUT2D eigenvalue weighted by atomic mass is 9.48. The molecule has 1 heterocycles. The lowest BCUT2D eigenvalue weighted by Crippen LogP contribution is -2.54. The predicted octanol–water partition coefficient (Wildman–Crippen LogP) is 5.10. The fourth-order valence-electron chi connectivity index (χ4n) is 6.72. The number of hydrogen-bond acceptors (Lipinski definition) is 3. The van der Waals surface area contributed by atoms with Crippen LogP contribution in [0.3, 0.4) is 0 Å². The molecule has 0 aromatic heterocycles. The Morgan fingerprint density at radius 2 is 1.17 bits per heavy atom. The quantitative estimate of drug-likeness (QED) is 0.319. The molecule has 4 heteroatoms. The average molecular weight is 456 g/mol. The Hall–Kier alpha value is -4.31. The zero-order chi connectivity index (χ0) is 23.7. The highest BCUT2D eigenvalue weighted by molar-refractivity contribution is 6.24. The molecule has 2 amide bonds. The third kappa shape index (κ3) is 2.43. The number of carbonyl (C=O) groups is 3. The number of amides is 2. The van der Waals surface area contributed by atoms with Gasteiger partial charge in [-0.25, -0.2) is 4.90 Å². The minimum atomic E-state index is -1.17. The fourth-order valence-corrected chi connectivity index (χ4v) is 6.72. The Kier molecular flexibility index (Phi) is 4.07. The number of hydrogen-bond donors (Lipinski definition) is 0. The first-order valence-corrected chi connectivity index (χ1v) is 11.9. The van der Waals surface area contributed by atoms with Gasteiger partial charge in [-0.05, 0) is 45.5 Å². The monoisotopic (exact) mass is 455 g/mol. The Morgan fingerprint density at radius 3 is 1.77 bits per heavy atom. The van der Waals surface area contributed by atoms with Crippen molar-refractivity contribution in [3.05, 3.63) is 125 Å². The van der Waals surface area contributed by atoms with Crippen LogP contribution in [0.1, 0.15) is 28.2 Å². The van der Waals surface area contributed by atoms with Gasteiger partial charge in [0.05, 0.1) is 22.9 Å². The Bertz CT molecular complexity index is 1480. The summed E-state index contributed by atoms with van der Waals surface area (Å²) in [5, 5.41) is 0. The maximum absolute atomic E-state index is 14.0. The summed E-state index contributed by atoms with van der Waals surface area (Å²) in [4.78, 5) is 42.3. The fraction of sp³-hybridized carbons (Fsp3) is 0.129. The van der Waals surface area contributed by atoms with Gasteiger partial charge < -0.3 is 4.79 Å². The molecular weight excluding hydrogens is 434 g/mol. The maximum atomic E-state index is 14.0. The van der Waals surface area contributed by atoms with Gasteiger partial charge in [0, 0.05) is 5.92 Å². The highest BCUT2D eigenvalue weighted by Crippen LogP contribution is 2.63. The van der Waals surface area contributed by atoms with Crippen LogP contribution in [0, 0.1) is 11.8 Å². The van der Waals surface area contributed by atoms with Crippen molar-refractivity contribution in [3.8, 4) is 11.1 Å². The van der Waals surface area contributed by atoms with E-state index in [2.05, 4.69) is 0 Å². The number of carbonyl (C=O) groups excluding carboxylic acids is 3. The first kappa shape index (κ1) is 20.1. The summed E-state index contributed by atoms with van der Waals surface area (Å²) < 4.78 is 0. The van der Waals surface area contributed by atoms with E-state index in [1.807, 2.05) is 103 Å². The number of anilines is 1. The van der Waals surface area contributed by atoms with Gasteiger partial charge in [0.2, 0.25) is 11.8 Å². The van der Waals surface area contributed by atoms with Gasteiger partial charge in [-0.3, -0.25) is 9.59 Å². The molecule has 2 atom stereocenters. The lowest BCUT2D eigenvalue weighted by Gasteiger charge is -2.51. The Morgan fingerprint density at radius 1 is 0.629 bits per heavy atom. The molecule has 3 aliphatic carbocycles. The summed E-state index contributed by atoms with van der Waals surface area (Å²) in [6.45, 7) is 0. The molecular formula is C31H21NO3. The molecule has 1 aliphatic heterocycles. The molecule has 2 bridgehead atoms. The molecule has 8 rings (SSSR count). The van der Waals surface area contributed by atoms with Crippen LogP contribution < -0.4 is 4.90 Å². The third-order valence-electron chi connectivity index (χ3n) is 8.10. The number of benzene rings is 4. The summed E-state index contributed by atoms with van der Waals surface area (Å²) in [5.74, 6) is -2.14. The zero-order valence-electron chi connectivity index (χ0n) is 18.8. The molecule has 1 fully saturated rings. The molecule has 0 N–H and O–H groups in total. The minimum absolute atomic E-state index is 0.229. The second kappa shape index (κ2) is 7.09. The van der Waals surface area contributed by atoms with Gasteiger partial charge in [0.1, 0.15) is 6.29 Å². The third-order valence-corrected chi connectivity index (χ3v) is 8.10. The Labute approximate surface area is 202 Å². The van der Waals surface area contributed by atoms with Gasteiger partial charge in [-0.1, -0.05) is 91.0 Å². The molecule has 4 aromatic carbocycles. The SMILES string of the molecule is O=CC12c3ccccc3C(c3ccccc31)[C@H]1C(=O)N(c3ccc(-c4ccccc4)cc3)C(=O)[C@H]12. The lowest BCUT2D eigenvalue weighted by molar-refractivity contribution is -0.128. The number of aldehydes is 1. The Balaban J connectivity index is 1.39. The molecule has 4 aromatic rings.